The molecule has 80 valence electrons. The lowest BCUT2D eigenvalue weighted by Gasteiger charge is -2.27. The minimum Gasteiger partial charge on any atom is -0.392 e. The Labute approximate surface area is 89.9 Å². The Hall–Kier alpha value is -1.15. The van der Waals surface area contributed by atoms with E-state index in [1.54, 1.807) is 0 Å². The summed E-state index contributed by atoms with van der Waals surface area (Å²) in [6, 6.07) is 7.57. The van der Waals surface area contributed by atoms with Crippen molar-refractivity contribution < 1.29 is 9.90 Å². The van der Waals surface area contributed by atoms with E-state index in [0.717, 1.165) is 31.1 Å². The molecule has 0 radical (unpaired) electrons. The van der Waals surface area contributed by atoms with Crippen LogP contribution in [0.1, 0.15) is 47.5 Å². The standard InChI is InChI=1S/C13H16O2/c14-9-10-5-7-11(8-6-10)12-3-1-2-4-13(12)15/h5-9,12-13,15H,1-4H2/t12-,13-/m1/s1. The Morgan fingerprint density at radius 1 is 1.13 bits per heavy atom. The van der Waals surface area contributed by atoms with Crippen molar-refractivity contribution in [1.82, 2.24) is 0 Å². The van der Waals surface area contributed by atoms with E-state index in [4.69, 9.17) is 0 Å². The summed E-state index contributed by atoms with van der Waals surface area (Å²) in [5.74, 6) is 0.263. The van der Waals surface area contributed by atoms with Gasteiger partial charge in [0.1, 0.15) is 6.29 Å². The van der Waals surface area contributed by atoms with Gasteiger partial charge in [-0.2, -0.15) is 0 Å². The molecule has 1 aliphatic carbocycles. The number of rotatable bonds is 2. The van der Waals surface area contributed by atoms with Crippen molar-refractivity contribution in [3.05, 3.63) is 35.4 Å². The van der Waals surface area contributed by atoms with Crippen molar-refractivity contribution in [2.45, 2.75) is 37.7 Å². The van der Waals surface area contributed by atoms with E-state index in [-0.39, 0.29) is 12.0 Å². The van der Waals surface area contributed by atoms with E-state index in [2.05, 4.69) is 0 Å². The number of aldehydes is 1. The Kier molecular flexibility index (Phi) is 3.17. The molecule has 1 N–H and O–H groups in total. The minimum absolute atomic E-state index is 0.208. The monoisotopic (exact) mass is 204 g/mol. The van der Waals surface area contributed by atoms with Crippen LogP contribution in [0, 0.1) is 0 Å². The summed E-state index contributed by atoms with van der Waals surface area (Å²) in [7, 11) is 0. The van der Waals surface area contributed by atoms with Crippen LogP contribution in [-0.4, -0.2) is 17.5 Å². The fourth-order valence-electron chi connectivity index (χ4n) is 2.32. The SMILES string of the molecule is O=Cc1ccc([C@H]2CCCC[C@H]2O)cc1. The molecule has 1 saturated carbocycles. The first-order valence-electron chi connectivity index (χ1n) is 5.54. The lowest BCUT2D eigenvalue weighted by Crippen LogP contribution is -2.22. The summed E-state index contributed by atoms with van der Waals surface area (Å²) in [6.45, 7) is 0. The van der Waals surface area contributed by atoms with E-state index in [9.17, 15) is 9.90 Å². The maximum atomic E-state index is 10.5. The Morgan fingerprint density at radius 2 is 1.80 bits per heavy atom. The van der Waals surface area contributed by atoms with Crippen LogP contribution in [0.2, 0.25) is 0 Å². The molecule has 2 heteroatoms. The van der Waals surface area contributed by atoms with Crippen molar-refractivity contribution in [3.63, 3.8) is 0 Å². The zero-order valence-corrected chi connectivity index (χ0v) is 8.73. The van der Waals surface area contributed by atoms with Crippen LogP contribution in [-0.2, 0) is 0 Å². The third kappa shape index (κ3) is 2.26. The molecule has 1 aliphatic rings. The average molecular weight is 204 g/mol. The van der Waals surface area contributed by atoms with Gasteiger partial charge in [0.25, 0.3) is 0 Å². The van der Waals surface area contributed by atoms with Gasteiger partial charge >= 0.3 is 0 Å². The highest BCUT2D eigenvalue weighted by molar-refractivity contribution is 5.74. The van der Waals surface area contributed by atoms with Crippen LogP contribution >= 0.6 is 0 Å². The number of carbonyl (C=O) groups excluding carboxylic acids is 1. The van der Waals surface area contributed by atoms with Crippen molar-refractivity contribution >= 4 is 6.29 Å². The fraction of sp³-hybridized carbons (Fsp3) is 0.462. The molecule has 0 aromatic heterocycles. The van der Waals surface area contributed by atoms with Gasteiger partial charge in [-0.15, -0.1) is 0 Å². The number of benzene rings is 1. The molecular weight excluding hydrogens is 188 g/mol. The summed E-state index contributed by atoms with van der Waals surface area (Å²) < 4.78 is 0. The third-order valence-electron chi connectivity index (χ3n) is 3.23. The second-order valence-corrected chi connectivity index (χ2v) is 4.24. The maximum Gasteiger partial charge on any atom is 0.150 e. The van der Waals surface area contributed by atoms with Gasteiger partial charge in [-0.1, -0.05) is 37.1 Å². The molecule has 0 bridgehead atoms. The van der Waals surface area contributed by atoms with Crippen LogP contribution in [0.15, 0.2) is 24.3 Å². The third-order valence-corrected chi connectivity index (χ3v) is 3.23. The first-order chi connectivity index (χ1) is 7.31. The quantitative estimate of drug-likeness (QED) is 0.751. The largest absolute Gasteiger partial charge is 0.392 e. The zero-order valence-electron chi connectivity index (χ0n) is 8.73. The van der Waals surface area contributed by atoms with Gasteiger partial charge in [-0.05, 0) is 18.4 Å². The van der Waals surface area contributed by atoms with Gasteiger partial charge in [0, 0.05) is 11.5 Å². The molecule has 2 nitrogen and oxygen atoms in total. The molecule has 0 amide bonds. The van der Waals surface area contributed by atoms with E-state index in [0.29, 0.717) is 5.56 Å². The Morgan fingerprint density at radius 3 is 2.40 bits per heavy atom. The van der Waals surface area contributed by atoms with Gasteiger partial charge in [-0.25, -0.2) is 0 Å². The number of hydrogen-bond acceptors (Lipinski definition) is 2. The molecular formula is C13H16O2. The van der Waals surface area contributed by atoms with Crippen LogP contribution in [0.5, 0.6) is 0 Å². The number of aliphatic hydroxyl groups excluding tert-OH is 1. The summed E-state index contributed by atoms with van der Waals surface area (Å²) >= 11 is 0. The molecule has 1 aromatic carbocycles. The van der Waals surface area contributed by atoms with E-state index in [1.165, 1.54) is 6.42 Å². The molecule has 1 fully saturated rings. The van der Waals surface area contributed by atoms with E-state index < -0.39 is 0 Å². The normalized spacial score (nSPS) is 26.2. The lowest BCUT2D eigenvalue weighted by atomic mass is 9.81. The maximum absolute atomic E-state index is 10.5. The summed E-state index contributed by atoms with van der Waals surface area (Å²) in [6.07, 6.45) is 4.92. The lowest BCUT2D eigenvalue weighted by molar-refractivity contribution is 0.106. The van der Waals surface area contributed by atoms with Gasteiger partial charge in [-0.3, -0.25) is 4.79 Å². The van der Waals surface area contributed by atoms with Crippen molar-refractivity contribution in [3.8, 4) is 0 Å². The molecule has 0 heterocycles. The molecule has 2 rings (SSSR count). The first-order valence-corrected chi connectivity index (χ1v) is 5.54. The second kappa shape index (κ2) is 4.58. The summed E-state index contributed by atoms with van der Waals surface area (Å²) in [5, 5.41) is 9.88. The van der Waals surface area contributed by atoms with Crippen molar-refractivity contribution in [1.29, 1.82) is 0 Å². The highest BCUT2D eigenvalue weighted by Gasteiger charge is 2.24. The fourth-order valence-corrected chi connectivity index (χ4v) is 2.32. The first kappa shape index (κ1) is 10.4. The summed E-state index contributed by atoms with van der Waals surface area (Å²) in [5.41, 5.74) is 1.86. The second-order valence-electron chi connectivity index (χ2n) is 4.24. The van der Waals surface area contributed by atoms with Gasteiger partial charge in [0.05, 0.1) is 6.10 Å². The predicted octanol–water partition coefficient (Wildman–Crippen LogP) is 2.52. The highest BCUT2D eigenvalue weighted by atomic mass is 16.3. The average Bonchev–Trinajstić information content (AvgIpc) is 2.30. The van der Waals surface area contributed by atoms with E-state index in [1.807, 2.05) is 24.3 Å². The Balaban J connectivity index is 2.16. The van der Waals surface area contributed by atoms with Crippen molar-refractivity contribution in [2.24, 2.45) is 0 Å². The summed E-state index contributed by atoms with van der Waals surface area (Å²) in [4.78, 5) is 10.5. The molecule has 0 spiro atoms. The van der Waals surface area contributed by atoms with Crippen LogP contribution in [0.4, 0.5) is 0 Å². The predicted molar refractivity (Wildman–Crippen MR) is 59.0 cm³/mol. The zero-order chi connectivity index (χ0) is 10.7. The van der Waals surface area contributed by atoms with Gasteiger partial charge in [0.15, 0.2) is 0 Å². The molecule has 2 atom stereocenters. The highest BCUT2D eigenvalue weighted by Crippen LogP contribution is 2.32. The van der Waals surface area contributed by atoms with E-state index >= 15 is 0 Å². The van der Waals surface area contributed by atoms with Crippen LogP contribution in [0.3, 0.4) is 0 Å². The van der Waals surface area contributed by atoms with Gasteiger partial charge in [0.2, 0.25) is 0 Å². The number of aliphatic hydroxyl groups is 1. The van der Waals surface area contributed by atoms with Crippen molar-refractivity contribution in [2.75, 3.05) is 0 Å². The van der Waals surface area contributed by atoms with Crippen LogP contribution < -0.4 is 0 Å². The molecule has 0 aliphatic heterocycles. The molecule has 0 saturated heterocycles. The topological polar surface area (TPSA) is 37.3 Å². The Bertz CT molecular complexity index is 329. The molecule has 1 aromatic rings. The smallest absolute Gasteiger partial charge is 0.150 e. The number of carbonyl (C=O) groups is 1. The molecule has 0 unspecified atom stereocenters. The number of hydrogen-bond donors (Lipinski definition) is 1. The molecule has 15 heavy (non-hydrogen) atoms. The minimum atomic E-state index is -0.208. The van der Waals surface area contributed by atoms with Gasteiger partial charge < -0.3 is 5.11 Å². The van der Waals surface area contributed by atoms with Crippen LogP contribution in [0.25, 0.3) is 0 Å².